The predicted molar refractivity (Wildman–Crippen MR) is 63.8 cm³/mol. The zero-order chi connectivity index (χ0) is 12.4. The number of benzene rings is 1. The highest BCUT2D eigenvalue weighted by atomic mass is 79.9. The fraction of sp³-hybridized carbons (Fsp3) is 0.100. The Hall–Kier alpha value is -1.40. The van der Waals surface area contributed by atoms with Gasteiger partial charge in [-0.05, 0) is 34.1 Å². The van der Waals surface area contributed by atoms with Gasteiger partial charge in [-0.2, -0.15) is 0 Å². The van der Waals surface area contributed by atoms with Crippen LogP contribution >= 0.6 is 27.5 Å². The van der Waals surface area contributed by atoms with E-state index in [-0.39, 0.29) is 11.8 Å². The van der Waals surface area contributed by atoms with E-state index in [2.05, 4.69) is 30.9 Å². The summed E-state index contributed by atoms with van der Waals surface area (Å²) < 4.78 is 10.4. The molecule has 0 saturated carbocycles. The van der Waals surface area contributed by atoms with Crippen LogP contribution in [0.15, 0.2) is 27.1 Å². The predicted octanol–water partition coefficient (Wildman–Crippen LogP) is 2.94. The summed E-state index contributed by atoms with van der Waals surface area (Å²) in [5.74, 6) is -0.684. The molecule has 0 fully saturated rings. The molecule has 0 spiro atoms. The molecule has 17 heavy (non-hydrogen) atoms. The van der Waals surface area contributed by atoms with E-state index in [1.807, 2.05) is 0 Å². The van der Waals surface area contributed by atoms with E-state index in [0.29, 0.717) is 10.6 Å². The Bertz CT molecular complexity index is 570. The van der Waals surface area contributed by atoms with E-state index in [1.165, 1.54) is 7.11 Å². The van der Waals surface area contributed by atoms with Crippen LogP contribution in [0.1, 0.15) is 10.7 Å². The van der Waals surface area contributed by atoms with Crippen molar-refractivity contribution in [2.45, 2.75) is 0 Å². The summed E-state index contributed by atoms with van der Waals surface area (Å²) in [5, 5.41) is 7.86. The van der Waals surface area contributed by atoms with E-state index >= 15 is 0 Å². The summed E-state index contributed by atoms with van der Waals surface area (Å²) >= 11 is 9.19. The van der Waals surface area contributed by atoms with Gasteiger partial charge in [0.2, 0.25) is 5.89 Å². The number of aromatic nitrogens is 2. The van der Waals surface area contributed by atoms with E-state index in [9.17, 15) is 4.79 Å². The lowest BCUT2D eigenvalue weighted by Gasteiger charge is -1.99. The fourth-order valence-corrected chi connectivity index (χ4v) is 1.75. The molecule has 1 heterocycles. The Morgan fingerprint density at radius 3 is 2.94 bits per heavy atom. The van der Waals surface area contributed by atoms with Crippen LogP contribution in [0.4, 0.5) is 0 Å². The van der Waals surface area contributed by atoms with Gasteiger partial charge in [-0.25, -0.2) is 4.79 Å². The van der Waals surface area contributed by atoms with Gasteiger partial charge in [0.15, 0.2) is 0 Å². The normalized spacial score (nSPS) is 10.3. The molecule has 2 rings (SSSR count). The first-order valence-electron chi connectivity index (χ1n) is 4.49. The molecule has 1 aromatic heterocycles. The highest BCUT2D eigenvalue weighted by molar-refractivity contribution is 9.10. The topological polar surface area (TPSA) is 65.2 Å². The van der Waals surface area contributed by atoms with Gasteiger partial charge in [-0.3, -0.25) is 0 Å². The Morgan fingerprint density at radius 1 is 1.47 bits per heavy atom. The van der Waals surface area contributed by atoms with Gasteiger partial charge < -0.3 is 9.15 Å². The second-order valence-electron chi connectivity index (χ2n) is 3.03. The van der Waals surface area contributed by atoms with Crippen molar-refractivity contribution in [2.24, 2.45) is 0 Å². The molecule has 0 aliphatic heterocycles. The van der Waals surface area contributed by atoms with Gasteiger partial charge in [-0.1, -0.05) is 11.6 Å². The minimum absolute atomic E-state index is 0.194. The lowest BCUT2D eigenvalue weighted by atomic mass is 10.2. The third-order valence-corrected chi connectivity index (χ3v) is 2.87. The summed E-state index contributed by atoms with van der Waals surface area (Å²) in [7, 11) is 1.24. The first kappa shape index (κ1) is 12.1. The van der Waals surface area contributed by atoms with Crippen molar-refractivity contribution < 1.29 is 13.9 Å². The maximum atomic E-state index is 11.2. The van der Waals surface area contributed by atoms with Crippen LogP contribution in [-0.2, 0) is 4.74 Å². The standard InChI is InChI=1S/C10H6BrClN2O3/c1-16-10(15)9-14-13-8(17-9)6-4-5(12)2-3-7(6)11/h2-4H,1H3. The highest BCUT2D eigenvalue weighted by Gasteiger charge is 2.17. The largest absolute Gasteiger partial charge is 0.462 e. The average molecular weight is 318 g/mol. The molecule has 0 amide bonds. The number of methoxy groups -OCH3 is 1. The van der Waals surface area contributed by atoms with E-state index in [0.717, 1.165) is 4.47 Å². The molecule has 0 atom stereocenters. The Kier molecular flexibility index (Phi) is 3.44. The Labute approximate surface area is 110 Å². The maximum Gasteiger partial charge on any atom is 0.396 e. The third-order valence-electron chi connectivity index (χ3n) is 1.94. The number of carbonyl (C=O) groups excluding carboxylic acids is 1. The SMILES string of the molecule is COC(=O)c1nnc(-c2cc(Cl)ccc2Br)o1. The van der Waals surface area contributed by atoms with Crippen LogP contribution in [0.25, 0.3) is 11.5 Å². The number of carbonyl (C=O) groups is 1. The van der Waals surface area contributed by atoms with Gasteiger partial charge in [0.05, 0.1) is 12.7 Å². The number of hydrogen-bond acceptors (Lipinski definition) is 5. The van der Waals surface area contributed by atoms with Crippen molar-refractivity contribution in [2.75, 3.05) is 7.11 Å². The van der Waals surface area contributed by atoms with Crippen molar-refractivity contribution in [1.29, 1.82) is 0 Å². The summed E-state index contributed by atoms with van der Waals surface area (Å²) in [5.41, 5.74) is 0.611. The van der Waals surface area contributed by atoms with E-state index in [1.54, 1.807) is 18.2 Å². The number of esters is 1. The summed E-state index contributed by atoms with van der Waals surface area (Å²) in [6.45, 7) is 0. The molecule has 0 saturated heterocycles. The van der Waals surface area contributed by atoms with Crippen LogP contribution in [0.3, 0.4) is 0 Å². The zero-order valence-electron chi connectivity index (χ0n) is 8.61. The van der Waals surface area contributed by atoms with Gasteiger partial charge in [0.25, 0.3) is 0 Å². The minimum Gasteiger partial charge on any atom is -0.462 e. The quantitative estimate of drug-likeness (QED) is 0.797. The molecule has 1 aromatic carbocycles. The molecule has 0 bridgehead atoms. The average Bonchev–Trinajstić information content (AvgIpc) is 2.80. The molecule has 0 radical (unpaired) electrons. The molecule has 0 unspecified atom stereocenters. The van der Waals surface area contributed by atoms with Crippen molar-refractivity contribution in [3.05, 3.63) is 33.6 Å². The maximum absolute atomic E-state index is 11.2. The van der Waals surface area contributed by atoms with E-state index < -0.39 is 5.97 Å². The first-order chi connectivity index (χ1) is 8.11. The Balaban J connectivity index is 2.43. The number of rotatable bonds is 2. The number of hydrogen-bond donors (Lipinski definition) is 0. The lowest BCUT2D eigenvalue weighted by molar-refractivity contribution is 0.0556. The zero-order valence-corrected chi connectivity index (χ0v) is 10.9. The van der Waals surface area contributed by atoms with E-state index in [4.69, 9.17) is 16.0 Å². The van der Waals surface area contributed by atoms with Crippen LogP contribution in [-0.4, -0.2) is 23.3 Å². The van der Waals surface area contributed by atoms with Crippen molar-refractivity contribution >= 4 is 33.5 Å². The molecule has 5 nitrogen and oxygen atoms in total. The summed E-state index contributed by atoms with van der Waals surface area (Å²) in [4.78, 5) is 11.2. The lowest BCUT2D eigenvalue weighted by Crippen LogP contribution is -2.00. The summed E-state index contributed by atoms with van der Waals surface area (Å²) in [6, 6.07) is 5.12. The second-order valence-corrected chi connectivity index (χ2v) is 4.32. The van der Waals surface area contributed by atoms with Gasteiger partial charge in [0, 0.05) is 9.50 Å². The minimum atomic E-state index is -0.679. The number of halogens is 2. The molecular weight excluding hydrogens is 311 g/mol. The van der Waals surface area contributed by atoms with Crippen LogP contribution in [0.2, 0.25) is 5.02 Å². The monoisotopic (exact) mass is 316 g/mol. The smallest absolute Gasteiger partial charge is 0.396 e. The second kappa shape index (κ2) is 4.85. The molecule has 7 heteroatoms. The Morgan fingerprint density at radius 2 is 2.24 bits per heavy atom. The number of ether oxygens (including phenoxy) is 1. The molecule has 88 valence electrons. The van der Waals surface area contributed by atoms with Crippen LogP contribution < -0.4 is 0 Å². The fourth-order valence-electron chi connectivity index (χ4n) is 1.16. The van der Waals surface area contributed by atoms with Crippen LogP contribution in [0.5, 0.6) is 0 Å². The molecule has 0 aliphatic rings. The van der Waals surface area contributed by atoms with Gasteiger partial charge >= 0.3 is 11.9 Å². The van der Waals surface area contributed by atoms with Crippen molar-refractivity contribution in [1.82, 2.24) is 10.2 Å². The number of nitrogens with zero attached hydrogens (tertiary/aromatic N) is 2. The van der Waals surface area contributed by atoms with Crippen molar-refractivity contribution in [3.8, 4) is 11.5 Å². The third kappa shape index (κ3) is 2.48. The molecule has 2 aromatic rings. The van der Waals surface area contributed by atoms with Crippen molar-refractivity contribution in [3.63, 3.8) is 0 Å². The van der Waals surface area contributed by atoms with Crippen LogP contribution in [0, 0.1) is 0 Å². The molecular formula is C10H6BrClN2O3. The highest BCUT2D eigenvalue weighted by Crippen LogP contribution is 2.29. The first-order valence-corrected chi connectivity index (χ1v) is 5.66. The summed E-state index contributed by atoms with van der Waals surface area (Å²) in [6.07, 6.45) is 0. The van der Waals surface area contributed by atoms with Gasteiger partial charge in [0.1, 0.15) is 0 Å². The van der Waals surface area contributed by atoms with Gasteiger partial charge in [-0.15, -0.1) is 10.2 Å². The molecule has 0 aliphatic carbocycles. The molecule has 0 N–H and O–H groups in total.